The Labute approximate surface area is 218 Å². The van der Waals surface area contributed by atoms with Crippen molar-refractivity contribution in [3.63, 3.8) is 0 Å². The minimum Gasteiger partial charge on any atom is -0.0850 e. The Morgan fingerprint density at radius 2 is 0.971 bits per heavy atom. The van der Waals surface area contributed by atoms with Crippen molar-refractivity contribution in [1.82, 2.24) is 0 Å². The van der Waals surface area contributed by atoms with Gasteiger partial charge in [0.25, 0.3) is 0 Å². The van der Waals surface area contributed by atoms with Gasteiger partial charge in [-0.3, -0.25) is 0 Å². The molecule has 11 atom stereocenters. The van der Waals surface area contributed by atoms with Gasteiger partial charge in [0.2, 0.25) is 0 Å². The molecule has 0 aromatic heterocycles. The molecule has 0 aliphatic heterocycles. The van der Waals surface area contributed by atoms with Crippen LogP contribution in [-0.2, 0) is 0 Å². The average molecular weight is 479 g/mol. The highest BCUT2D eigenvalue weighted by atomic mass is 14.7. The first-order chi connectivity index (χ1) is 16.2. The summed E-state index contributed by atoms with van der Waals surface area (Å²) in [5.74, 6) is 5.47. The van der Waals surface area contributed by atoms with E-state index in [2.05, 4.69) is 68.4 Å². The molecule has 5 saturated carbocycles. The van der Waals surface area contributed by atoms with Crippen LogP contribution in [0.3, 0.4) is 0 Å². The Hall–Kier alpha value is -0.260. The summed E-state index contributed by atoms with van der Waals surface area (Å²) in [5, 5.41) is 0. The summed E-state index contributed by atoms with van der Waals surface area (Å²) in [6, 6.07) is 0. The topological polar surface area (TPSA) is 0 Å². The lowest BCUT2D eigenvalue weighted by Crippen LogP contribution is -2.66. The number of hydrogen-bond acceptors (Lipinski definition) is 0. The summed E-state index contributed by atoms with van der Waals surface area (Å²) in [5.41, 5.74) is 5.02. The van der Waals surface area contributed by atoms with Crippen molar-refractivity contribution in [2.24, 2.45) is 68.0 Å². The summed E-state index contributed by atoms with van der Waals surface area (Å²) in [6.07, 6.45) is 20.5. The number of fused-ring (bicyclic) bond motifs is 9. The fourth-order valence-electron chi connectivity index (χ4n) is 14.1. The van der Waals surface area contributed by atoms with Gasteiger partial charge in [-0.2, -0.15) is 0 Å². The van der Waals surface area contributed by atoms with Crippen LogP contribution in [0.2, 0.25) is 0 Å². The third kappa shape index (κ3) is 2.98. The van der Waals surface area contributed by atoms with Gasteiger partial charge >= 0.3 is 0 Å². The normalized spacial score (nSPS) is 59.2. The minimum atomic E-state index is 0.521. The fourth-order valence-corrected chi connectivity index (χ4v) is 14.1. The number of hydrogen-bond donors (Lipinski definition) is 0. The standard InChI is InChI=1S/C35H58/c1-23-11-12-26-31(5,24(23)2)19-14-28-33(26,7)21-16-29-34(8)20-13-25-30(3,4)17-10-18-32(25,6)27(34)15-22-35(28,29)9/h11,24-29H,10,12-22H2,1-9H3/t24-,25?,26?,27?,28?,29?,31+,32-,33-,34+,35+/m0/s1. The third-order valence-corrected chi connectivity index (χ3v) is 15.9. The molecule has 198 valence electrons. The van der Waals surface area contributed by atoms with E-state index in [0.29, 0.717) is 32.5 Å². The van der Waals surface area contributed by atoms with Gasteiger partial charge in [-0.15, -0.1) is 0 Å². The fraction of sp³-hybridized carbons (Fsp3) is 0.943. The summed E-state index contributed by atoms with van der Waals surface area (Å²) < 4.78 is 0. The van der Waals surface area contributed by atoms with E-state index in [1.807, 2.05) is 0 Å². The molecule has 6 aliphatic carbocycles. The molecular weight excluding hydrogens is 420 g/mol. The van der Waals surface area contributed by atoms with Gasteiger partial charge in [-0.05, 0) is 146 Å². The second kappa shape index (κ2) is 7.44. The highest BCUT2D eigenvalue weighted by Gasteiger charge is 2.70. The van der Waals surface area contributed by atoms with Crippen molar-refractivity contribution in [3.8, 4) is 0 Å². The Kier molecular flexibility index (Phi) is 5.32. The zero-order valence-corrected chi connectivity index (χ0v) is 25.0. The van der Waals surface area contributed by atoms with Gasteiger partial charge in [-0.1, -0.05) is 73.5 Å². The Morgan fingerprint density at radius 3 is 1.51 bits per heavy atom. The average Bonchev–Trinajstić information content (AvgIpc) is 2.75. The second-order valence-electron chi connectivity index (χ2n) is 17.2. The molecule has 6 rings (SSSR count). The lowest BCUT2D eigenvalue weighted by atomic mass is 9.31. The SMILES string of the molecule is CC1=CCC2[C@]3(C)CCC4[C@]5(C)CCC6C(C)(C)CCC[C@]6(C)C5CC[C@]4(C)C3CC[C@]2(C)[C@H]1C. The molecule has 35 heavy (non-hydrogen) atoms. The maximum atomic E-state index is 2.83. The van der Waals surface area contributed by atoms with Crippen molar-refractivity contribution in [2.75, 3.05) is 0 Å². The zero-order valence-electron chi connectivity index (χ0n) is 25.0. The predicted octanol–water partition coefficient (Wildman–Crippen LogP) is 10.5. The van der Waals surface area contributed by atoms with E-state index in [1.54, 1.807) is 5.57 Å². The monoisotopic (exact) mass is 478 g/mol. The van der Waals surface area contributed by atoms with Gasteiger partial charge in [0.05, 0.1) is 0 Å². The first kappa shape index (κ1) is 25.0. The molecule has 0 radical (unpaired) electrons. The van der Waals surface area contributed by atoms with E-state index in [9.17, 15) is 0 Å². The molecule has 0 aromatic rings. The van der Waals surface area contributed by atoms with Crippen LogP contribution in [0.4, 0.5) is 0 Å². The second-order valence-corrected chi connectivity index (χ2v) is 17.2. The zero-order chi connectivity index (χ0) is 25.2. The van der Waals surface area contributed by atoms with E-state index in [4.69, 9.17) is 0 Å². The summed E-state index contributed by atoms with van der Waals surface area (Å²) >= 11 is 0. The molecule has 6 aliphatic rings. The van der Waals surface area contributed by atoms with Gasteiger partial charge in [0, 0.05) is 0 Å². The Morgan fingerprint density at radius 1 is 0.543 bits per heavy atom. The lowest BCUT2D eigenvalue weighted by Gasteiger charge is -2.74. The van der Waals surface area contributed by atoms with E-state index in [0.717, 1.165) is 35.5 Å². The molecule has 0 heteroatoms. The van der Waals surface area contributed by atoms with Crippen molar-refractivity contribution >= 4 is 0 Å². The molecule has 0 saturated heterocycles. The van der Waals surface area contributed by atoms with Gasteiger partial charge in [-0.25, -0.2) is 0 Å². The van der Waals surface area contributed by atoms with Crippen LogP contribution >= 0.6 is 0 Å². The number of rotatable bonds is 0. The predicted molar refractivity (Wildman–Crippen MR) is 150 cm³/mol. The maximum absolute atomic E-state index is 2.83. The summed E-state index contributed by atoms with van der Waals surface area (Å²) in [6.45, 7) is 24.1. The van der Waals surface area contributed by atoms with Crippen LogP contribution < -0.4 is 0 Å². The highest BCUT2D eigenvalue weighted by molar-refractivity contribution is 5.23. The van der Waals surface area contributed by atoms with E-state index in [1.165, 1.54) is 77.0 Å². The molecule has 0 spiro atoms. The molecule has 0 nitrogen and oxygen atoms in total. The quantitative estimate of drug-likeness (QED) is 0.304. The van der Waals surface area contributed by atoms with E-state index < -0.39 is 0 Å². The smallest absolute Gasteiger partial charge is 0.0177 e. The van der Waals surface area contributed by atoms with Crippen LogP contribution in [-0.4, -0.2) is 0 Å². The minimum absolute atomic E-state index is 0.521. The Bertz CT molecular complexity index is 909. The van der Waals surface area contributed by atoms with E-state index in [-0.39, 0.29) is 0 Å². The molecule has 5 unspecified atom stereocenters. The molecule has 0 heterocycles. The van der Waals surface area contributed by atoms with Crippen LogP contribution in [0.5, 0.6) is 0 Å². The molecular formula is C35H58. The third-order valence-electron chi connectivity index (χ3n) is 15.9. The van der Waals surface area contributed by atoms with E-state index >= 15 is 0 Å². The van der Waals surface area contributed by atoms with Crippen molar-refractivity contribution in [2.45, 2.75) is 139 Å². The molecule has 0 bridgehead atoms. The van der Waals surface area contributed by atoms with Crippen molar-refractivity contribution in [1.29, 1.82) is 0 Å². The Balaban J connectivity index is 1.36. The lowest BCUT2D eigenvalue weighted by molar-refractivity contribution is -0.248. The molecule has 0 N–H and O–H groups in total. The largest absolute Gasteiger partial charge is 0.0850 e. The molecule has 5 fully saturated rings. The van der Waals surface area contributed by atoms with Crippen LogP contribution in [0.25, 0.3) is 0 Å². The highest BCUT2D eigenvalue weighted by Crippen LogP contribution is 2.77. The molecule has 0 aromatic carbocycles. The van der Waals surface area contributed by atoms with Crippen LogP contribution in [0.1, 0.15) is 139 Å². The van der Waals surface area contributed by atoms with Gasteiger partial charge in [0.1, 0.15) is 0 Å². The van der Waals surface area contributed by atoms with Crippen molar-refractivity contribution in [3.05, 3.63) is 11.6 Å². The molecule has 0 amide bonds. The number of allylic oxidation sites excluding steroid dienone is 2. The van der Waals surface area contributed by atoms with Crippen LogP contribution in [0.15, 0.2) is 11.6 Å². The van der Waals surface area contributed by atoms with Gasteiger partial charge in [0.15, 0.2) is 0 Å². The first-order valence-corrected chi connectivity index (χ1v) is 15.9. The maximum Gasteiger partial charge on any atom is -0.0177 e. The van der Waals surface area contributed by atoms with Crippen LogP contribution in [0, 0.1) is 68.0 Å². The first-order valence-electron chi connectivity index (χ1n) is 15.9. The summed E-state index contributed by atoms with van der Waals surface area (Å²) in [7, 11) is 0. The van der Waals surface area contributed by atoms with Crippen molar-refractivity contribution < 1.29 is 0 Å². The van der Waals surface area contributed by atoms with Gasteiger partial charge < -0.3 is 0 Å². The summed E-state index contributed by atoms with van der Waals surface area (Å²) in [4.78, 5) is 0.